The van der Waals surface area contributed by atoms with Crippen molar-refractivity contribution in [2.75, 3.05) is 6.79 Å². The Bertz CT molecular complexity index is 4000. The third kappa shape index (κ3) is 7.55. The van der Waals surface area contributed by atoms with Crippen LogP contribution in [0.3, 0.4) is 0 Å². The molecule has 0 aliphatic carbocycles. The number of nitrogens with zero attached hydrogens (tertiary/aromatic N) is 1. The summed E-state index contributed by atoms with van der Waals surface area (Å²) in [7, 11) is 0. The molecule has 68 heavy (non-hydrogen) atoms. The number of aromatic nitrogens is 1. The number of rotatable bonds is 0. The van der Waals surface area contributed by atoms with Crippen LogP contribution in [0, 0.1) is 41.5 Å². The number of ether oxygens (including phenoxy) is 2. The van der Waals surface area contributed by atoms with Gasteiger partial charge in [-0.05, 0) is 153 Å². The minimum absolute atomic E-state index is 0.305. The van der Waals surface area contributed by atoms with Crippen molar-refractivity contribution >= 4 is 98.5 Å². The summed E-state index contributed by atoms with van der Waals surface area (Å²) in [6, 6.07) is 36.1. The summed E-state index contributed by atoms with van der Waals surface area (Å²) in [5, 5.41) is 11.7. The Hall–Kier alpha value is -8.63. The highest BCUT2D eigenvalue weighted by molar-refractivity contribution is 6.09. The topological polar surface area (TPSA) is 123 Å². The van der Waals surface area contributed by atoms with E-state index in [0.717, 1.165) is 105 Å². The molecular weight excluding hydrogens is 855 g/mol. The predicted octanol–water partition coefficient (Wildman–Crippen LogP) is 16.9. The molecule has 10 nitrogen and oxygen atoms in total. The van der Waals surface area contributed by atoms with E-state index in [2.05, 4.69) is 61.3 Å². The van der Waals surface area contributed by atoms with Gasteiger partial charge in [-0.3, -0.25) is 4.98 Å². The largest absolute Gasteiger partial charge is 0.464 e. The molecule has 1 aliphatic heterocycles. The lowest BCUT2D eigenvalue weighted by Gasteiger charge is -1.98. The van der Waals surface area contributed by atoms with Gasteiger partial charge in [0.2, 0.25) is 6.79 Å². The molecule has 10 heteroatoms. The number of hydrogen-bond acceptors (Lipinski definition) is 10. The van der Waals surface area contributed by atoms with Gasteiger partial charge in [-0.15, -0.1) is 0 Å². The van der Waals surface area contributed by atoms with Crippen LogP contribution in [-0.2, 0) is 0 Å². The Balaban J connectivity index is 0.0000000932. The maximum atomic E-state index is 5.56. The second-order valence-corrected chi connectivity index (χ2v) is 16.9. The number of aryl methyl sites for hydroxylation is 6. The van der Waals surface area contributed by atoms with E-state index in [1.165, 1.54) is 38.1 Å². The maximum absolute atomic E-state index is 5.56. The summed E-state index contributed by atoms with van der Waals surface area (Å²) >= 11 is 0. The molecule has 0 saturated heterocycles. The van der Waals surface area contributed by atoms with Crippen LogP contribution in [0.25, 0.3) is 98.5 Å². The average Bonchev–Trinajstić information content (AvgIpc) is 4.23. The Morgan fingerprint density at radius 2 is 0.912 bits per heavy atom. The molecule has 0 bridgehead atoms. The first kappa shape index (κ1) is 42.0. The lowest BCUT2D eigenvalue weighted by atomic mass is 10.0. The van der Waals surface area contributed by atoms with Crippen LogP contribution in [0.2, 0.25) is 0 Å². The molecule has 336 valence electrons. The highest BCUT2D eigenvalue weighted by atomic mass is 16.7. The Labute approximate surface area is 388 Å². The van der Waals surface area contributed by atoms with Gasteiger partial charge < -0.3 is 40.4 Å². The van der Waals surface area contributed by atoms with Crippen molar-refractivity contribution in [1.29, 1.82) is 0 Å². The highest BCUT2D eigenvalue weighted by Gasteiger charge is 2.19. The van der Waals surface area contributed by atoms with E-state index < -0.39 is 0 Å². The van der Waals surface area contributed by atoms with Crippen LogP contribution in [-0.4, -0.2) is 11.8 Å². The number of fused-ring (bicyclic) bond motifs is 15. The van der Waals surface area contributed by atoms with E-state index in [0.29, 0.717) is 6.79 Å². The first-order chi connectivity index (χ1) is 33.2. The smallest absolute Gasteiger partial charge is 0.231 e. The molecule has 9 heterocycles. The van der Waals surface area contributed by atoms with Gasteiger partial charge in [0, 0.05) is 43.9 Å². The van der Waals surface area contributed by atoms with Crippen molar-refractivity contribution in [3.8, 4) is 11.5 Å². The van der Waals surface area contributed by atoms with Crippen molar-refractivity contribution in [2.45, 2.75) is 41.5 Å². The fourth-order valence-corrected chi connectivity index (χ4v) is 9.13. The second-order valence-electron chi connectivity index (χ2n) is 16.9. The minimum atomic E-state index is 0.305. The van der Waals surface area contributed by atoms with E-state index in [1.54, 1.807) is 31.3 Å². The summed E-state index contributed by atoms with van der Waals surface area (Å²) < 4.78 is 48.5. The van der Waals surface area contributed by atoms with Gasteiger partial charge in [0.05, 0.1) is 48.5 Å². The molecule has 0 unspecified atom stereocenters. The number of hydrogen-bond donors (Lipinski definition) is 0. The summed E-state index contributed by atoms with van der Waals surface area (Å²) in [5.41, 5.74) is 13.2. The van der Waals surface area contributed by atoms with Gasteiger partial charge in [-0.25, -0.2) is 0 Å². The summed E-state index contributed by atoms with van der Waals surface area (Å²) in [6.07, 6.45) is 12.4. The first-order valence-electron chi connectivity index (χ1n) is 22.2. The molecule has 1 aliphatic rings. The van der Waals surface area contributed by atoms with Gasteiger partial charge in [0.15, 0.2) is 11.5 Å². The molecule has 0 fully saturated rings. The number of pyridine rings is 1. The molecule has 0 atom stereocenters. The molecule has 15 rings (SSSR count). The van der Waals surface area contributed by atoms with Crippen LogP contribution in [0.4, 0.5) is 0 Å². The van der Waals surface area contributed by atoms with Crippen molar-refractivity contribution in [3.05, 3.63) is 187 Å². The lowest BCUT2D eigenvalue weighted by molar-refractivity contribution is 0.175. The fraction of sp³-hybridized carbons (Fsp3) is 0.121. The summed E-state index contributed by atoms with van der Waals surface area (Å²) in [6.45, 7) is 12.5. The molecule has 0 N–H and O–H groups in total. The van der Waals surface area contributed by atoms with Gasteiger partial charge in [-0.1, -0.05) is 36.4 Å². The quantitative estimate of drug-likeness (QED) is 0.145. The Morgan fingerprint density at radius 1 is 0.397 bits per heavy atom. The van der Waals surface area contributed by atoms with Gasteiger partial charge in [-0.2, -0.15) is 0 Å². The van der Waals surface area contributed by atoms with E-state index in [1.807, 2.05) is 107 Å². The third-order valence-electron chi connectivity index (χ3n) is 12.3. The monoisotopic (exact) mass is 899 g/mol. The maximum Gasteiger partial charge on any atom is 0.231 e. The zero-order valence-electron chi connectivity index (χ0n) is 38.3. The van der Waals surface area contributed by atoms with Crippen LogP contribution >= 0.6 is 0 Å². The molecular formula is C58H45NO9. The zero-order valence-corrected chi connectivity index (χ0v) is 38.3. The van der Waals surface area contributed by atoms with Gasteiger partial charge in [0.25, 0.3) is 0 Å². The van der Waals surface area contributed by atoms with Crippen molar-refractivity contribution in [2.24, 2.45) is 0 Å². The number of benzene rings is 6. The standard InChI is InChI=1S/C13H10O.C12H9NO.C12H10O2.C11H8O2.C10H8O3/c1-9-8-14-12-7-6-10-4-2-3-5-11(10)13(9)12;1-8-7-14-11-5-4-10-9(12(8)11)3-2-6-13-10;1-7-6-13-11-4-3-10-9(12(7)11)5-8(2)14-10;1-7-6-13-10-3-2-9-8(11(7)10)4-5-12-9;1-6-4-11-7-2-3-8-10(9(6)7)13-5-12-8/h2-8H,1H3;2-7H,1H3;3-6H,1-2H3;2-6H,1H3;2-4H,5H2,1H3. The third-order valence-corrected chi connectivity index (χ3v) is 12.3. The average molecular weight is 900 g/mol. The molecule has 0 radical (unpaired) electrons. The molecule has 0 amide bonds. The van der Waals surface area contributed by atoms with E-state index >= 15 is 0 Å². The summed E-state index contributed by atoms with van der Waals surface area (Å²) in [4.78, 5) is 4.31. The van der Waals surface area contributed by atoms with Crippen molar-refractivity contribution in [3.63, 3.8) is 0 Å². The number of furan rings is 7. The SMILES string of the molecule is Cc1cc2c(ccc3occ(C)c32)o1.Cc1coc2ccc3c(c12)OCO3.Cc1coc2ccc3ccccc3c12.Cc1coc2ccc3ncccc3c12.Cc1coc2ccc3occc3c12. The second kappa shape index (κ2) is 17.3. The van der Waals surface area contributed by atoms with Crippen LogP contribution in [0.5, 0.6) is 11.5 Å². The molecule has 8 aromatic heterocycles. The molecule has 6 aromatic carbocycles. The molecule has 0 saturated carbocycles. The van der Waals surface area contributed by atoms with Crippen LogP contribution < -0.4 is 9.47 Å². The normalized spacial score (nSPS) is 11.9. The lowest BCUT2D eigenvalue weighted by Crippen LogP contribution is -1.93. The zero-order chi connectivity index (χ0) is 46.5. The Morgan fingerprint density at radius 3 is 1.60 bits per heavy atom. The van der Waals surface area contributed by atoms with E-state index in [-0.39, 0.29) is 0 Å². The predicted molar refractivity (Wildman–Crippen MR) is 268 cm³/mol. The first-order valence-corrected chi connectivity index (χ1v) is 22.2. The Kier molecular flexibility index (Phi) is 10.7. The van der Waals surface area contributed by atoms with Crippen LogP contribution in [0.15, 0.2) is 184 Å². The minimum Gasteiger partial charge on any atom is -0.464 e. The highest BCUT2D eigenvalue weighted by Crippen LogP contribution is 2.41. The van der Waals surface area contributed by atoms with E-state index in [4.69, 9.17) is 40.4 Å². The van der Waals surface area contributed by atoms with Crippen molar-refractivity contribution < 1.29 is 40.4 Å². The molecule has 14 aromatic rings. The molecule has 0 spiro atoms. The van der Waals surface area contributed by atoms with E-state index in [9.17, 15) is 0 Å². The van der Waals surface area contributed by atoms with Crippen molar-refractivity contribution in [1.82, 2.24) is 4.98 Å². The van der Waals surface area contributed by atoms with Gasteiger partial charge >= 0.3 is 0 Å². The summed E-state index contributed by atoms with van der Waals surface area (Å²) in [5.74, 6) is 2.55. The van der Waals surface area contributed by atoms with Gasteiger partial charge in [0.1, 0.15) is 44.8 Å². The fourth-order valence-electron chi connectivity index (χ4n) is 9.13. The van der Waals surface area contributed by atoms with Crippen LogP contribution in [0.1, 0.15) is 33.6 Å².